The fraction of sp³-hybridized carbons (Fsp3) is 0.188. The molecule has 0 amide bonds. The molecular formula is C16H15IO2S. The number of hydrogen-bond acceptors (Lipinski definition) is 3. The second-order valence-electron chi connectivity index (χ2n) is 4.22. The molecule has 0 unspecified atom stereocenters. The summed E-state index contributed by atoms with van der Waals surface area (Å²) < 4.78 is 5.99. The fourth-order valence-corrected chi connectivity index (χ4v) is 3.40. The lowest BCUT2D eigenvalue weighted by molar-refractivity contribution is 0.0600. The molecule has 0 aliphatic carbocycles. The SMILES string of the molecule is CCc1cc(Sc2ccc(C(=O)OC)cc2)ccc1I. The monoisotopic (exact) mass is 398 g/mol. The summed E-state index contributed by atoms with van der Waals surface area (Å²) in [5, 5.41) is 0. The van der Waals surface area contributed by atoms with Gasteiger partial charge in [0.05, 0.1) is 12.7 Å². The second-order valence-corrected chi connectivity index (χ2v) is 6.53. The van der Waals surface area contributed by atoms with Gasteiger partial charge < -0.3 is 4.74 Å². The van der Waals surface area contributed by atoms with Crippen LogP contribution in [-0.4, -0.2) is 13.1 Å². The summed E-state index contributed by atoms with van der Waals surface area (Å²) >= 11 is 4.06. The quantitative estimate of drug-likeness (QED) is 0.547. The van der Waals surface area contributed by atoms with Crippen molar-refractivity contribution < 1.29 is 9.53 Å². The van der Waals surface area contributed by atoms with Crippen LogP contribution in [0.4, 0.5) is 0 Å². The standard InChI is InChI=1S/C16H15IO2S/c1-3-11-10-14(8-9-15(11)17)20-13-6-4-12(5-7-13)16(18)19-2/h4-10H,3H2,1-2H3. The van der Waals surface area contributed by atoms with Gasteiger partial charge in [0.15, 0.2) is 0 Å². The van der Waals surface area contributed by atoms with Crippen LogP contribution in [0.1, 0.15) is 22.8 Å². The highest BCUT2D eigenvalue weighted by Crippen LogP contribution is 2.30. The topological polar surface area (TPSA) is 26.3 Å². The molecule has 20 heavy (non-hydrogen) atoms. The Bertz CT molecular complexity index is 608. The average Bonchev–Trinajstić information content (AvgIpc) is 2.49. The van der Waals surface area contributed by atoms with E-state index in [1.54, 1.807) is 23.9 Å². The van der Waals surface area contributed by atoms with E-state index in [1.807, 2.05) is 12.1 Å². The zero-order valence-electron chi connectivity index (χ0n) is 11.4. The lowest BCUT2D eigenvalue weighted by Crippen LogP contribution is -2.00. The molecule has 0 bridgehead atoms. The number of methoxy groups -OCH3 is 1. The molecule has 0 N–H and O–H groups in total. The highest BCUT2D eigenvalue weighted by atomic mass is 127. The van der Waals surface area contributed by atoms with Crippen molar-refractivity contribution >= 4 is 40.3 Å². The van der Waals surface area contributed by atoms with E-state index in [9.17, 15) is 4.79 Å². The van der Waals surface area contributed by atoms with E-state index >= 15 is 0 Å². The van der Waals surface area contributed by atoms with Crippen LogP contribution in [0.3, 0.4) is 0 Å². The van der Waals surface area contributed by atoms with Crippen LogP contribution < -0.4 is 0 Å². The van der Waals surface area contributed by atoms with Gasteiger partial charge in [0, 0.05) is 13.4 Å². The van der Waals surface area contributed by atoms with Crippen molar-refractivity contribution in [3.63, 3.8) is 0 Å². The summed E-state index contributed by atoms with van der Waals surface area (Å²) in [6.07, 6.45) is 1.04. The fourth-order valence-electron chi connectivity index (χ4n) is 1.80. The normalized spacial score (nSPS) is 10.3. The number of aryl methyl sites for hydroxylation is 1. The molecule has 2 aromatic rings. The Morgan fingerprint density at radius 3 is 2.40 bits per heavy atom. The van der Waals surface area contributed by atoms with Gasteiger partial charge in [0.1, 0.15) is 0 Å². The van der Waals surface area contributed by atoms with E-state index in [2.05, 4.69) is 47.7 Å². The van der Waals surface area contributed by atoms with Crippen LogP contribution in [0.5, 0.6) is 0 Å². The molecule has 2 aromatic carbocycles. The zero-order valence-corrected chi connectivity index (χ0v) is 14.3. The van der Waals surface area contributed by atoms with E-state index in [1.165, 1.54) is 21.1 Å². The summed E-state index contributed by atoms with van der Waals surface area (Å²) in [5.74, 6) is -0.302. The van der Waals surface area contributed by atoms with Crippen molar-refractivity contribution in [1.82, 2.24) is 0 Å². The third kappa shape index (κ3) is 3.76. The Morgan fingerprint density at radius 1 is 1.15 bits per heavy atom. The van der Waals surface area contributed by atoms with Gasteiger partial charge in [-0.2, -0.15) is 0 Å². The van der Waals surface area contributed by atoms with Gasteiger partial charge in [0.25, 0.3) is 0 Å². The van der Waals surface area contributed by atoms with E-state index in [-0.39, 0.29) is 5.97 Å². The van der Waals surface area contributed by atoms with Gasteiger partial charge in [-0.05, 0) is 77.0 Å². The number of rotatable bonds is 4. The molecule has 4 heteroatoms. The summed E-state index contributed by atoms with van der Waals surface area (Å²) in [6.45, 7) is 2.16. The maximum atomic E-state index is 11.4. The van der Waals surface area contributed by atoms with E-state index in [0.29, 0.717) is 5.56 Å². The van der Waals surface area contributed by atoms with Gasteiger partial charge >= 0.3 is 5.97 Å². The third-order valence-electron chi connectivity index (χ3n) is 2.91. The molecule has 0 saturated heterocycles. The van der Waals surface area contributed by atoms with Gasteiger partial charge in [-0.25, -0.2) is 4.79 Å². The van der Waals surface area contributed by atoms with Crippen LogP contribution in [0.15, 0.2) is 52.3 Å². The van der Waals surface area contributed by atoms with Crippen LogP contribution in [-0.2, 0) is 11.2 Å². The molecule has 0 atom stereocenters. The Balaban J connectivity index is 2.16. The highest BCUT2D eigenvalue weighted by Gasteiger charge is 2.06. The summed E-state index contributed by atoms with van der Waals surface area (Å²) in [5.41, 5.74) is 1.94. The smallest absolute Gasteiger partial charge is 0.337 e. The van der Waals surface area contributed by atoms with Crippen molar-refractivity contribution in [1.29, 1.82) is 0 Å². The Labute approximate surface area is 137 Å². The Morgan fingerprint density at radius 2 is 1.80 bits per heavy atom. The number of benzene rings is 2. The lowest BCUT2D eigenvalue weighted by atomic mass is 10.2. The molecule has 2 rings (SSSR count). The van der Waals surface area contributed by atoms with Crippen molar-refractivity contribution in [2.75, 3.05) is 7.11 Å². The van der Waals surface area contributed by atoms with Gasteiger partial charge in [-0.3, -0.25) is 0 Å². The van der Waals surface area contributed by atoms with Crippen molar-refractivity contribution in [2.24, 2.45) is 0 Å². The summed E-state index contributed by atoms with van der Waals surface area (Å²) in [4.78, 5) is 13.7. The van der Waals surface area contributed by atoms with Gasteiger partial charge in [-0.15, -0.1) is 0 Å². The molecule has 0 aliphatic heterocycles. The highest BCUT2D eigenvalue weighted by molar-refractivity contribution is 14.1. The molecule has 0 radical (unpaired) electrons. The molecule has 0 aromatic heterocycles. The number of esters is 1. The summed E-state index contributed by atoms with van der Waals surface area (Å²) in [6, 6.07) is 14.0. The molecule has 0 aliphatic rings. The minimum atomic E-state index is -0.302. The maximum absolute atomic E-state index is 11.4. The van der Waals surface area contributed by atoms with Crippen molar-refractivity contribution in [2.45, 2.75) is 23.1 Å². The molecule has 2 nitrogen and oxygen atoms in total. The minimum absolute atomic E-state index is 0.302. The zero-order chi connectivity index (χ0) is 14.5. The van der Waals surface area contributed by atoms with Crippen molar-refractivity contribution in [3.05, 3.63) is 57.2 Å². The predicted molar refractivity (Wildman–Crippen MR) is 90.4 cm³/mol. The van der Waals surface area contributed by atoms with Crippen LogP contribution in [0, 0.1) is 3.57 Å². The number of carbonyl (C=O) groups excluding carboxylic acids is 1. The lowest BCUT2D eigenvalue weighted by Gasteiger charge is -2.06. The van der Waals surface area contributed by atoms with E-state index < -0.39 is 0 Å². The number of carbonyl (C=O) groups is 1. The maximum Gasteiger partial charge on any atom is 0.337 e. The molecule has 0 saturated carbocycles. The molecule has 0 spiro atoms. The van der Waals surface area contributed by atoms with E-state index in [0.717, 1.165) is 11.3 Å². The number of hydrogen-bond donors (Lipinski definition) is 0. The average molecular weight is 398 g/mol. The third-order valence-corrected chi connectivity index (χ3v) is 4.96. The van der Waals surface area contributed by atoms with Crippen molar-refractivity contribution in [3.8, 4) is 0 Å². The molecule has 0 fully saturated rings. The molecule has 104 valence electrons. The Hall–Kier alpha value is -1.01. The first-order valence-corrected chi connectivity index (χ1v) is 8.18. The predicted octanol–water partition coefficient (Wildman–Crippen LogP) is 4.79. The first-order chi connectivity index (χ1) is 9.63. The molecular weight excluding hydrogens is 383 g/mol. The minimum Gasteiger partial charge on any atom is -0.465 e. The van der Waals surface area contributed by atoms with Gasteiger partial charge in [-0.1, -0.05) is 18.7 Å². The Kier molecular flexibility index (Phi) is 5.48. The number of halogens is 1. The van der Waals surface area contributed by atoms with Crippen LogP contribution in [0.25, 0.3) is 0 Å². The van der Waals surface area contributed by atoms with Crippen LogP contribution >= 0.6 is 34.4 Å². The van der Waals surface area contributed by atoms with Crippen LogP contribution in [0.2, 0.25) is 0 Å². The molecule has 0 heterocycles. The largest absolute Gasteiger partial charge is 0.465 e. The first-order valence-electron chi connectivity index (χ1n) is 6.28. The first kappa shape index (κ1) is 15.4. The van der Waals surface area contributed by atoms with Gasteiger partial charge in [0.2, 0.25) is 0 Å². The second kappa shape index (κ2) is 7.13. The van der Waals surface area contributed by atoms with E-state index in [4.69, 9.17) is 4.74 Å². The number of ether oxygens (including phenoxy) is 1. The summed E-state index contributed by atoms with van der Waals surface area (Å²) in [7, 11) is 1.39.